The van der Waals surface area contributed by atoms with Gasteiger partial charge in [-0.2, -0.15) is 55.2 Å². The molecule has 0 bridgehead atoms. The Morgan fingerprint density at radius 1 is 0.307 bits per heavy atom. The van der Waals surface area contributed by atoms with E-state index in [1.807, 2.05) is 0 Å². The topological polar surface area (TPSA) is 851 Å². The third kappa shape index (κ3) is 38.3. The summed E-state index contributed by atoms with van der Waals surface area (Å²) in [4.78, 5) is 152. The minimum absolute atomic E-state index is 0.0330. The molecule has 6 aliphatic heterocycles. The van der Waals surface area contributed by atoms with Gasteiger partial charge in [-0.15, -0.1) is 0 Å². The fraction of sp³-hybridized carbons (Fsp3) is 0.847. The number of carboxylic acids is 3. The van der Waals surface area contributed by atoms with E-state index in [2.05, 4.69) is 13.7 Å². The molecule has 137 heavy (non-hydrogen) atoms. The smallest absolute Gasteiger partial charge is 0.397 e. The number of amides is 1. The SMILES string of the molecule is CCCCCC(=O)O[C@@H]1[C@@H](OC(C)=O)[C@H](O[C@H]2[C@H](OS(=O)(=O)O)[C@@H](NS(=O)(=O)O)[C@@H](O[C@H]3[C@H](OC(=O)CCCCC)[C@@H](OS(=O)(=O)O)[C@H](O[C@H]4[C@H](OC(=O)CCCCC)[C@@H](CO)O[C@@H]4COS(=O)(=O)O)O[C@H]3C(=O)O)O[C@@H]2COS(=O)(=O)O)O[C@H](C(=O)O)[C@H]1O[C@H]1O[C@H](COS(=O)(=O)O)[C@@H](O[C@@H]2O[C@@H](C(=O)O)[C@@H](O)[C@H](OC(=O)CCCCC)[C@H]2OC(C)=O)[C@H](OC(=O)CCCCC)[C@H]1NC(C)=O. The summed E-state index contributed by atoms with van der Waals surface area (Å²) >= 11 is 0. The Labute approximate surface area is 784 Å². The molecule has 1 amide bonds. The number of aliphatic hydroxyl groups is 2. The van der Waals surface area contributed by atoms with Gasteiger partial charge in [-0.3, -0.25) is 65.7 Å². The molecular formula is C72H114N2O57S6. The van der Waals surface area contributed by atoms with E-state index in [1.165, 1.54) is 4.72 Å². The number of rotatable bonds is 57. The lowest BCUT2D eigenvalue weighted by Gasteiger charge is -2.51. The Bertz CT molecular complexity index is 4760. The van der Waals surface area contributed by atoms with Crippen LogP contribution in [-0.4, -0.2) is 373 Å². The second kappa shape index (κ2) is 53.8. The van der Waals surface area contributed by atoms with Gasteiger partial charge in [-0.05, 0) is 32.1 Å². The number of carboxylic acid groups (broad SMARTS) is 3. The van der Waals surface area contributed by atoms with Gasteiger partial charge < -0.3 is 116 Å². The van der Waals surface area contributed by atoms with Crippen LogP contribution in [0.15, 0.2) is 0 Å². The summed E-state index contributed by atoms with van der Waals surface area (Å²) in [5.74, 6) is -17.8. The predicted molar refractivity (Wildman–Crippen MR) is 435 cm³/mol. The van der Waals surface area contributed by atoms with E-state index < -0.39 is 364 Å². The largest absolute Gasteiger partial charge is 0.479 e. The maximum atomic E-state index is 14.5. The monoisotopic (exact) mass is 2110 g/mol. The highest BCUT2D eigenvalue weighted by Crippen LogP contribution is 2.43. The van der Waals surface area contributed by atoms with Gasteiger partial charge in [0.2, 0.25) is 5.91 Å². The van der Waals surface area contributed by atoms with Crippen molar-refractivity contribution in [2.24, 2.45) is 0 Å². The third-order valence-corrected chi connectivity index (χ3v) is 23.5. The molecule has 6 aliphatic rings. The van der Waals surface area contributed by atoms with Crippen LogP contribution >= 0.6 is 0 Å². The van der Waals surface area contributed by atoms with Crippen molar-refractivity contribution in [2.75, 3.05) is 26.4 Å². The summed E-state index contributed by atoms with van der Waals surface area (Å²) in [7, 11) is -36.5. The molecule has 6 fully saturated rings. The third-order valence-electron chi connectivity index (χ3n) is 20.7. The Hall–Kier alpha value is -7.13. The molecule has 0 aliphatic carbocycles. The van der Waals surface area contributed by atoms with Crippen molar-refractivity contribution in [2.45, 2.75) is 362 Å². The van der Waals surface area contributed by atoms with Gasteiger partial charge in [0, 0.05) is 52.9 Å². The number of aliphatic carboxylic acids is 3. The van der Waals surface area contributed by atoms with Gasteiger partial charge >= 0.3 is 122 Å². The lowest BCUT2D eigenvalue weighted by Crippen LogP contribution is -2.72. The average Bonchev–Trinajstić information content (AvgIpc) is 1.19. The van der Waals surface area contributed by atoms with Crippen LogP contribution in [0.4, 0.5) is 0 Å². The van der Waals surface area contributed by atoms with Crippen LogP contribution in [0.5, 0.6) is 0 Å². The second-order valence-electron chi connectivity index (χ2n) is 31.4. The highest BCUT2D eigenvalue weighted by atomic mass is 32.3. The molecule has 13 N–H and O–H groups in total. The van der Waals surface area contributed by atoms with E-state index in [0.29, 0.717) is 51.9 Å². The van der Waals surface area contributed by atoms with E-state index in [0.717, 1.165) is 13.8 Å². The lowest BCUT2D eigenvalue weighted by atomic mass is 9.93. The number of hydrogen-bond donors (Lipinski definition) is 13. The van der Waals surface area contributed by atoms with Crippen LogP contribution in [0.2, 0.25) is 0 Å². The van der Waals surface area contributed by atoms with Crippen molar-refractivity contribution in [1.82, 2.24) is 10.0 Å². The summed E-state index contributed by atoms with van der Waals surface area (Å²) in [5, 5.41) is 57.5. The maximum absolute atomic E-state index is 14.5. The highest BCUT2D eigenvalue weighted by molar-refractivity contribution is 7.84. The number of carbonyl (C=O) groups excluding carboxylic acids is 8. The summed E-state index contributed by atoms with van der Waals surface area (Å²) in [5.41, 5.74) is 0. The molecule has 0 aromatic rings. The van der Waals surface area contributed by atoms with Gasteiger partial charge in [0.25, 0.3) is 0 Å². The van der Waals surface area contributed by atoms with Crippen LogP contribution in [0.3, 0.4) is 0 Å². The molecule has 0 aromatic heterocycles. The van der Waals surface area contributed by atoms with Crippen LogP contribution in [-0.2, 0) is 221 Å². The van der Waals surface area contributed by atoms with Gasteiger partial charge in [0.1, 0.15) is 79.2 Å². The zero-order valence-electron chi connectivity index (χ0n) is 74.4. The van der Waals surface area contributed by atoms with Crippen molar-refractivity contribution in [3.63, 3.8) is 0 Å². The van der Waals surface area contributed by atoms with Gasteiger partial charge in [-0.1, -0.05) is 98.8 Å². The van der Waals surface area contributed by atoms with Crippen LogP contribution < -0.4 is 10.0 Å². The Balaban J connectivity index is 1.63. The number of carbonyl (C=O) groups is 11. The highest BCUT2D eigenvalue weighted by Gasteiger charge is 2.65. The summed E-state index contributed by atoms with van der Waals surface area (Å²) in [6, 6.07) is -5.79. The van der Waals surface area contributed by atoms with E-state index in [1.54, 1.807) is 34.6 Å². The van der Waals surface area contributed by atoms with E-state index in [-0.39, 0.29) is 51.4 Å². The Kier molecular flexibility index (Phi) is 46.6. The molecule has 29 atom stereocenters. The number of unbranched alkanes of at least 4 members (excludes halogenated alkanes) is 10. The predicted octanol–water partition coefficient (Wildman–Crippen LogP) is -2.66. The first-order chi connectivity index (χ1) is 63.8. The van der Waals surface area contributed by atoms with Crippen molar-refractivity contribution in [3.8, 4) is 0 Å². The number of esters is 7. The van der Waals surface area contributed by atoms with Crippen LogP contribution in [0, 0.1) is 0 Å². The molecule has 790 valence electrons. The summed E-state index contributed by atoms with van der Waals surface area (Å²) < 4.78 is 348. The van der Waals surface area contributed by atoms with E-state index in [9.17, 15) is 156 Å². The van der Waals surface area contributed by atoms with Crippen LogP contribution in [0.1, 0.15) is 184 Å². The number of nitrogens with one attached hydrogen (secondary N) is 2. The number of aliphatic hydroxyl groups excluding tert-OH is 2. The molecule has 0 unspecified atom stereocenters. The first kappa shape index (κ1) is 119. The van der Waals surface area contributed by atoms with Crippen LogP contribution in [0.25, 0.3) is 0 Å². The number of ether oxygens (including phenoxy) is 18. The fourth-order valence-electron chi connectivity index (χ4n) is 14.9. The second-order valence-corrected chi connectivity index (χ2v) is 38.0. The molecule has 6 saturated heterocycles. The lowest BCUT2D eigenvalue weighted by molar-refractivity contribution is -0.375. The minimum Gasteiger partial charge on any atom is -0.479 e. The zero-order valence-corrected chi connectivity index (χ0v) is 79.3. The number of hydrogen-bond acceptors (Lipinski definition) is 48. The molecular weight excluding hydrogens is 2000 g/mol. The van der Waals surface area contributed by atoms with Crippen molar-refractivity contribution in [1.29, 1.82) is 0 Å². The Morgan fingerprint density at radius 2 is 0.606 bits per heavy atom. The van der Waals surface area contributed by atoms with E-state index >= 15 is 0 Å². The quantitative estimate of drug-likeness (QED) is 0.0128. The van der Waals surface area contributed by atoms with Crippen molar-refractivity contribution >= 4 is 128 Å². The van der Waals surface area contributed by atoms with Gasteiger partial charge in [-0.25, -0.2) is 35.3 Å². The molecule has 0 radical (unpaired) electrons. The first-order valence-electron chi connectivity index (χ1n) is 42.5. The average molecular weight is 2110 g/mol. The van der Waals surface area contributed by atoms with Crippen molar-refractivity contribution in [3.05, 3.63) is 0 Å². The molecule has 6 rings (SSSR count). The minimum atomic E-state index is -6.55. The van der Waals surface area contributed by atoms with Gasteiger partial charge in [0.15, 0.2) is 98.6 Å². The van der Waals surface area contributed by atoms with Crippen molar-refractivity contribution < 1.29 is 262 Å². The zero-order chi connectivity index (χ0) is 103. The standard InChI is InChI=1S/C72H114N2O57S6/c1-9-14-19-24-40(79)117-48-36(29-75)114-37(30-109-133(94,95)96)49(48)122-72-64(131-137(106,107)108)59(121-44(83)28-23-18-13-5)57(61(129-72)67(89)90)127-69-46(74-132(91,92)93)53(130-136(103,104)105)51(39(116-69)32-111-135(100,101)102)124-71-63(113-35(8)78)58(120-43(82)27-22-17-12-4)56(60(128-71)66(87)88)126-68-45(73-33(6)76)52(118-41(80)25-20-15-10-2)50(38(115-68)31-110-134(97,98)99)123-70-62(112-34(7)77)54(47(84)55(125-70)65(85)86)119-42(81)26-21-16-11-3/h36-39,45-64,68-72,74-75,84H,9-32H2,1-8H3,(H,73,76)(H,85,86)(H,87,88)(H,89,90)(H,91,92,93)(H,94,95,96)(H,97,98,99)(H,100,101,102)(H,103,104,105)(H,106,107,108)/t36-,37-,38-,39-,45-,46-,47+,48-,49-,50-,51-,52-,53-,54+,55-,56+,57+,58+,59+,60+,61-,62-,63-,64-,68-,69-,70-,71-,72-/m1/s1. The first-order valence-corrected chi connectivity index (χ1v) is 50.8. The molecule has 0 spiro atoms. The van der Waals surface area contributed by atoms with Gasteiger partial charge in [0.05, 0.1) is 26.4 Å². The fourth-order valence-corrected chi connectivity index (χ4v) is 17.4. The normalized spacial score (nSPS) is 31.7. The summed E-state index contributed by atoms with van der Waals surface area (Å²) in [6.07, 6.45) is -74.4. The van der Waals surface area contributed by atoms with E-state index in [4.69, 9.17) is 97.8 Å². The Morgan fingerprint density at radius 3 is 0.942 bits per heavy atom. The summed E-state index contributed by atoms with van der Waals surface area (Å²) in [6.45, 7) is 4.04. The molecule has 0 aromatic carbocycles. The molecule has 0 saturated carbocycles. The maximum Gasteiger partial charge on any atom is 0.397 e. The molecule has 6 heterocycles. The molecule has 59 nitrogen and oxygen atoms in total. The molecule has 65 heteroatoms.